The lowest BCUT2D eigenvalue weighted by atomic mass is 10.2. The molecule has 1 heterocycles. The fraction of sp³-hybridized carbons (Fsp3) is 0.273. The van der Waals surface area contributed by atoms with E-state index >= 15 is 0 Å². The normalized spacial score (nSPS) is 16.4. The van der Waals surface area contributed by atoms with Gasteiger partial charge in [-0.15, -0.1) is 0 Å². The number of piperazine rings is 1. The molecular formula is C11H11ClN2O4S. The Balaban J connectivity index is 2.18. The highest BCUT2D eigenvalue weighted by Gasteiger charge is 2.24. The van der Waals surface area contributed by atoms with Crippen LogP contribution in [0.2, 0.25) is 0 Å². The second-order valence-corrected chi connectivity index (χ2v) is 6.88. The molecule has 1 aliphatic heterocycles. The van der Waals surface area contributed by atoms with Crippen LogP contribution in [0.4, 0.5) is 5.69 Å². The van der Waals surface area contributed by atoms with E-state index in [1.54, 1.807) is 24.3 Å². The quantitative estimate of drug-likeness (QED) is 0.810. The fourth-order valence-corrected chi connectivity index (χ4v) is 2.73. The molecule has 0 atom stereocenters. The van der Waals surface area contributed by atoms with Crippen LogP contribution >= 0.6 is 10.7 Å². The molecule has 2 rings (SSSR count). The Morgan fingerprint density at radius 1 is 1.21 bits per heavy atom. The van der Waals surface area contributed by atoms with Crippen LogP contribution in [0.25, 0.3) is 0 Å². The average Bonchev–Trinajstić information content (AvgIpc) is 2.31. The second kappa shape index (κ2) is 5.18. The first kappa shape index (κ1) is 13.8. The molecule has 0 unspecified atom stereocenters. The summed E-state index contributed by atoms with van der Waals surface area (Å²) in [6.45, 7) is -0.0668. The van der Waals surface area contributed by atoms with Gasteiger partial charge in [0.15, 0.2) is 0 Å². The van der Waals surface area contributed by atoms with Crippen LogP contribution in [0.5, 0.6) is 0 Å². The molecule has 6 nitrogen and oxygen atoms in total. The number of benzene rings is 1. The summed E-state index contributed by atoms with van der Waals surface area (Å²) in [4.78, 5) is 24.2. The van der Waals surface area contributed by atoms with E-state index in [1.165, 1.54) is 4.90 Å². The molecule has 102 valence electrons. The van der Waals surface area contributed by atoms with Crippen LogP contribution in [-0.2, 0) is 24.4 Å². The van der Waals surface area contributed by atoms with Crippen molar-refractivity contribution in [3.8, 4) is 0 Å². The Kier molecular flexibility index (Phi) is 3.77. The van der Waals surface area contributed by atoms with E-state index in [1.807, 2.05) is 0 Å². The molecule has 0 aromatic heterocycles. The van der Waals surface area contributed by atoms with Gasteiger partial charge in [-0.05, 0) is 17.7 Å². The molecule has 0 bridgehead atoms. The molecule has 0 radical (unpaired) electrons. The highest BCUT2D eigenvalue weighted by Crippen LogP contribution is 2.18. The molecule has 0 saturated carbocycles. The molecule has 19 heavy (non-hydrogen) atoms. The van der Waals surface area contributed by atoms with Gasteiger partial charge in [-0.1, -0.05) is 12.1 Å². The lowest BCUT2D eigenvalue weighted by Gasteiger charge is -2.26. The Bertz CT molecular complexity index is 612. The van der Waals surface area contributed by atoms with Gasteiger partial charge in [0.25, 0.3) is 0 Å². The molecule has 1 N–H and O–H groups in total. The van der Waals surface area contributed by atoms with Gasteiger partial charge in [-0.25, -0.2) is 8.42 Å². The second-order valence-electron chi connectivity index (χ2n) is 4.11. The van der Waals surface area contributed by atoms with Crippen molar-refractivity contribution in [2.24, 2.45) is 0 Å². The van der Waals surface area contributed by atoms with Gasteiger partial charge in [0.1, 0.15) is 6.54 Å². The minimum atomic E-state index is -3.61. The van der Waals surface area contributed by atoms with Gasteiger partial charge < -0.3 is 10.2 Å². The van der Waals surface area contributed by atoms with Crippen molar-refractivity contribution < 1.29 is 18.0 Å². The van der Waals surface area contributed by atoms with Crippen molar-refractivity contribution in [1.29, 1.82) is 0 Å². The molecule has 2 amide bonds. The maximum absolute atomic E-state index is 11.6. The summed E-state index contributed by atoms with van der Waals surface area (Å²) in [5.41, 5.74) is 1.07. The van der Waals surface area contributed by atoms with Crippen molar-refractivity contribution in [2.45, 2.75) is 5.75 Å². The lowest BCUT2D eigenvalue weighted by molar-refractivity contribution is -0.128. The number of nitrogens with zero attached hydrogens (tertiary/aromatic N) is 1. The third-order valence-electron chi connectivity index (χ3n) is 2.63. The van der Waals surface area contributed by atoms with E-state index in [9.17, 15) is 18.0 Å². The first-order chi connectivity index (χ1) is 8.85. The number of carbonyl (C=O) groups excluding carboxylic acids is 2. The summed E-state index contributed by atoms with van der Waals surface area (Å²) in [5.74, 6) is -0.715. The molecular weight excluding hydrogens is 292 g/mol. The number of carbonyl (C=O) groups is 2. The standard InChI is InChI=1S/C11H11ClN2O4S/c12-19(17,18)7-8-1-3-9(4-2-8)14-6-10(15)13-5-11(14)16/h1-4H,5-7H2,(H,13,15). The first-order valence-corrected chi connectivity index (χ1v) is 7.91. The van der Waals surface area contributed by atoms with E-state index in [-0.39, 0.29) is 30.7 Å². The van der Waals surface area contributed by atoms with Crippen LogP contribution in [0.3, 0.4) is 0 Å². The molecule has 0 aliphatic carbocycles. The zero-order chi connectivity index (χ0) is 14.0. The predicted molar refractivity (Wildman–Crippen MR) is 70.3 cm³/mol. The fourth-order valence-electron chi connectivity index (χ4n) is 1.76. The Morgan fingerprint density at radius 2 is 1.84 bits per heavy atom. The number of rotatable bonds is 3. The summed E-state index contributed by atoms with van der Waals surface area (Å²) in [6.07, 6.45) is 0. The number of hydrogen-bond donors (Lipinski definition) is 1. The van der Waals surface area contributed by atoms with Crippen molar-refractivity contribution in [3.63, 3.8) is 0 Å². The maximum Gasteiger partial charge on any atom is 0.246 e. The Morgan fingerprint density at radius 3 is 2.42 bits per heavy atom. The molecule has 1 aromatic carbocycles. The van der Waals surface area contributed by atoms with Crippen molar-refractivity contribution >= 4 is 37.2 Å². The van der Waals surface area contributed by atoms with Crippen LogP contribution in [0.1, 0.15) is 5.56 Å². The molecule has 1 saturated heterocycles. The van der Waals surface area contributed by atoms with Gasteiger partial charge in [0.2, 0.25) is 20.9 Å². The zero-order valence-electron chi connectivity index (χ0n) is 9.80. The third kappa shape index (κ3) is 3.68. The van der Waals surface area contributed by atoms with Gasteiger partial charge in [-0.2, -0.15) is 0 Å². The SMILES string of the molecule is O=C1CN(c2ccc(CS(=O)(=O)Cl)cc2)C(=O)CN1. The minimum absolute atomic E-state index is 0.0311. The van der Waals surface area contributed by atoms with Gasteiger partial charge in [0, 0.05) is 16.4 Å². The summed E-state index contributed by atoms with van der Waals surface area (Å²) < 4.78 is 21.9. The van der Waals surface area contributed by atoms with Crippen molar-refractivity contribution in [3.05, 3.63) is 29.8 Å². The summed E-state index contributed by atoms with van der Waals surface area (Å²) in [5, 5.41) is 2.45. The third-order valence-corrected chi connectivity index (χ3v) is 3.63. The molecule has 0 spiro atoms. The smallest absolute Gasteiger partial charge is 0.246 e. The van der Waals surface area contributed by atoms with Crippen LogP contribution in [-0.4, -0.2) is 33.3 Å². The molecule has 1 fully saturated rings. The largest absolute Gasteiger partial charge is 0.345 e. The number of nitrogens with one attached hydrogen (secondary N) is 1. The van der Waals surface area contributed by atoms with Gasteiger partial charge in [0.05, 0.1) is 12.3 Å². The average molecular weight is 303 g/mol. The van der Waals surface area contributed by atoms with E-state index < -0.39 is 9.05 Å². The topological polar surface area (TPSA) is 83.6 Å². The molecule has 1 aliphatic rings. The highest BCUT2D eigenvalue weighted by molar-refractivity contribution is 8.13. The lowest BCUT2D eigenvalue weighted by Crippen LogP contribution is -2.51. The summed E-state index contributed by atoms with van der Waals surface area (Å²) in [7, 11) is 1.55. The summed E-state index contributed by atoms with van der Waals surface area (Å²) in [6, 6.07) is 6.31. The number of hydrogen-bond acceptors (Lipinski definition) is 4. The molecule has 1 aromatic rings. The van der Waals surface area contributed by atoms with Crippen LogP contribution in [0, 0.1) is 0 Å². The van der Waals surface area contributed by atoms with Crippen molar-refractivity contribution in [1.82, 2.24) is 5.32 Å². The number of halogens is 1. The number of anilines is 1. The Hall–Kier alpha value is -1.60. The monoisotopic (exact) mass is 302 g/mol. The van der Waals surface area contributed by atoms with Gasteiger partial charge in [-0.3, -0.25) is 9.59 Å². The molecule has 8 heteroatoms. The van der Waals surface area contributed by atoms with Crippen LogP contribution < -0.4 is 10.2 Å². The minimum Gasteiger partial charge on any atom is -0.345 e. The Labute approximate surface area is 114 Å². The highest BCUT2D eigenvalue weighted by atomic mass is 35.7. The number of amides is 2. The zero-order valence-corrected chi connectivity index (χ0v) is 11.4. The van der Waals surface area contributed by atoms with E-state index in [0.29, 0.717) is 11.3 Å². The summed E-state index contributed by atoms with van der Waals surface area (Å²) >= 11 is 0. The van der Waals surface area contributed by atoms with Crippen LogP contribution in [0.15, 0.2) is 24.3 Å². The van der Waals surface area contributed by atoms with Crippen molar-refractivity contribution in [2.75, 3.05) is 18.0 Å². The predicted octanol–water partition coefficient (Wildman–Crippen LogP) is 0.218. The first-order valence-electron chi connectivity index (χ1n) is 5.43. The van der Waals surface area contributed by atoms with E-state index in [2.05, 4.69) is 5.32 Å². The van der Waals surface area contributed by atoms with E-state index in [4.69, 9.17) is 10.7 Å². The maximum atomic E-state index is 11.6. The van der Waals surface area contributed by atoms with Gasteiger partial charge >= 0.3 is 0 Å². The van der Waals surface area contributed by atoms with E-state index in [0.717, 1.165) is 0 Å².